The van der Waals surface area contributed by atoms with E-state index < -0.39 is 24.5 Å². The van der Waals surface area contributed by atoms with E-state index in [1.165, 1.54) is 7.05 Å². The van der Waals surface area contributed by atoms with Crippen molar-refractivity contribution < 1.29 is 28.7 Å². The maximum Gasteiger partial charge on any atom is 0.341 e. The van der Waals surface area contributed by atoms with Gasteiger partial charge in [0.1, 0.15) is 5.00 Å². The Kier molecular flexibility index (Phi) is 7.56. The van der Waals surface area contributed by atoms with Crippen LogP contribution in [0.15, 0.2) is 0 Å². The van der Waals surface area contributed by atoms with Crippen molar-refractivity contribution in [1.29, 1.82) is 0 Å². The number of hydrogen-bond donors (Lipinski definition) is 2. The lowest BCUT2D eigenvalue weighted by atomic mass is 10.1. The largest absolute Gasteiger partial charge is 0.462 e. The molecule has 0 unspecified atom stereocenters. The lowest BCUT2D eigenvalue weighted by Gasteiger charge is -2.08. The summed E-state index contributed by atoms with van der Waals surface area (Å²) in [6, 6.07) is 0. The van der Waals surface area contributed by atoms with Gasteiger partial charge in [-0.2, -0.15) is 0 Å². The normalized spacial score (nSPS) is 10.3. The lowest BCUT2D eigenvalue weighted by Crippen LogP contribution is -2.23. The molecule has 0 spiro atoms. The van der Waals surface area contributed by atoms with Crippen LogP contribution in [0.2, 0.25) is 0 Å². The lowest BCUT2D eigenvalue weighted by molar-refractivity contribution is -0.150. The number of esters is 2. The molecule has 0 bridgehead atoms. The number of anilines is 1. The Hall–Kier alpha value is -2.42. The highest BCUT2D eigenvalue weighted by Gasteiger charge is 2.26. The predicted molar refractivity (Wildman–Crippen MR) is 92.8 cm³/mol. The Morgan fingerprint density at radius 3 is 2.32 bits per heavy atom. The van der Waals surface area contributed by atoms with E-state index in [1.54, 1.807) is 27.7 Å². The highest BCUT2D eigenvalue weighted by molar-refractivity contribution is 7.18. The van der Waals surface area contributed by atoms with E-state index in [9.17, 15) is 19.2 Å². The van der Waals surface area contributed by atoms with Crippen molar-refractivity contribution in [3.8, 4) is 0 Å². The minimum Gasteiger partial charge on any atom is -0.462 e. The number of rotatable bonds is 7. The van der Waals surface area contributed by atoms with E-state index in [-0.39, 0.29) is 29.0 Å². The number of thiophene rings is 1. The van der Waals surface area contributed by atoms with Gasteiger partial charge in [-0.05, 0) is 19.4 Å². The maximum absolute atomic E-state index is 12.2. The van der Waals surface area contributed by atoms with Gasteiger partial charge in [-0.25, -0.2) is 4.79 Å². The molecule has 8 nitrogen and oxygen atoms in total. The van der Waals surface area contributed by atoms with Crippen LogP contribution in [-0.2, 0) is 19.1 Å². The van der Waals surface area contributed by atoms with Crippen LogP contribution in [0.4, 0.5) is 5.00 Å². The zero-order valence-corrected chi connectivity index (χ0v) is 15.7. The molecule has 9 heteroatoms. The molecule has 0 fully saturated rings. The topological polar surface area (TPSA) is 111 Å². The van der Waals surface area contributed by atoms with Crippen LogP contribution in [0, 0.1) is 12.8 Å². The average molecular weight is 370 g/mol. The number of carbonyl (C=O) groups excluding carboxylic acids is 4. The molecule has 1 aromatic rings. The van der Waals surface area contributed by atoms with Crippen molar-refractivity contribution in [3.05, 3.63) is 16.0 Å². The molecule has 2 N–H and O–H groups in total. The molecule has 25 heavy (non-hydrogen) atoms. The first-order valence-electron chi connectivity index (χ1n) is 7.71. The van der Waals surface area contributed by atoms with Crippen LogP contribution < -0.4 is 10.6 Å². The third-order valence-electron chi connectivity index (χ3n) is 3.13. The fourth-order valence-corrected chi connectivity index (χ4v) is 3.00. The van der Waals surface area contributed by atoms with E-state index in [1.807, 2.05) is 0 Å². The van der Waals surface area contributed by atoms with Crippen LogP contribution in [0.5, 0.6) is 0 Å². The predicted octanol–water partition coefficient (Wildman–Crippen LogP) is 1.73. The minimum absolute atomic E-state index is 0.119. The number of amides is 2. The highest BCUT2D eigenvalue weighted by Crippen LogP contribution is 2.33. The zero-order valence-electron chi connectivity index (χ0n) is 14.8. The molecule has 0 saturated heterocycles. The molecule has 0 saturated carbocycles. The first kappa shape index (κ1) is 20.6. The number of hydrogen-bond acceptors (Lipinski definition) is 7. The molecule has 0 aromatic carbocycles. The molecule has 1 rings (SSSR count). The molecule has 1 heterocycles. The standard InChI is InChI=1S/C16H22N2O6S/c1-6-23-16(22)11-9(4)12(13(20)17-5)25-14(11)18-10(19)7-24-15(21)8(2)3/h8H,6-7H2,1-5H3,(H,17,20)(H,18,19). The van der Waals surface area contributed by atoms with Crippen molar-refractivity contribution in [2.24, 2.45) is 5.92 Å². The van der Waals surface area contributed by atoms with Gasteiger partial charge in [0.15, 0.2) is 6.61 Å². The van der Waals surface area contributed by atoms with Crippen molar-refractivity contribution >= 4 is 40.1 Å². The van der Waals surface area contributed by atoms with Gasteiger partial charge >= 0.3 is 11.9 Å². The molecular weight excluding hydrogens is 348 g/mol. The van der Waals surface area contributed by atoms with Crippen molar-refractivity contribution in [1.82, 2.24) is 5.32 Å². The van der Waals surface area contributed by atoms with Gasteiger partial charge in [-0.3, -0.25) is 14.4 Å². The zero-order chi connectivity index (χ0) is 19.1. The molecule has 1 aromatic heterocycles. The summed E-state index contributed by atoms with van der Waals surface area (Å²) in [6.07, 6.45) is 0. The van der Waals surface area contributed by atoms with Crippen LogP contribution >= 0.6 is 11.3 Å². The summed E-state index contributed by atoms with van der Waals surface area (Å²) in [4.78, 5) is 47.8. The third-order valence-corrected chi connectivity index (χ3v) is 4.34. The quantitative estimate of drug-likeness (QED) is 0.707. The van der Waals surface area contributed by atoms with E-state index >= 15 is 0 Å². The first-order chi connectivity index (χ1) is 11.7. The molecular formula is C16H22N2O6S. The molecule has 138 valence electrons. The summed E-state index contributed by atoms with van der Waals surface area (Å²) in [6.45, 7) is 6.23. The number of nitrogens with one attached hydrogen (secondary N) is 2. The van der Waals surface area contributed by atoms with Crippen molar-refractivity contribution in [3.63, 3.8) is 0 Å². The molecule has 2 amide bonds. The van der Waals surface area contributed by atoms with Crippen molar-refractivity contribution in [2.45, 2.75) is 27.7 Å². The van der Waals surface area contributed by atoms with E-state index in [0.29, 0.717) is 10.4 Å². The summed E-state index contributed by atoms with van der Waals surface area (Å²) < 4.78 is 9.84. The van der Waals surface area contributed by atoms with Gasteiger partial charge in [-0.15, -0.1) is 11.3 Å². The SMILES string of the molecule is CCOC(=O)c1c(NC(=O)COC(=O)C(C)C)sc(C(=O)NC)c1C. The fourth-order valence-electron chi connectivity index (χ4n) is 1.85. The Morgan fingerprint density at radius 1 is 1.16 bits per heavy atom. The van der Waals surface area contributed by atoms with Gasteiger partial charge < -0.3 is 20.1 Å². The molecule has 0 atom stereocenters. The fraction of sp³-hybridized carbons (Fsp3) is 0.500. The van der Waals surface area contributed by atoms with Gasteiger partial charge in [-0.1, -0.05) is 13.8 Å². The van der Waals surface area contributed by atoms with Gasteiger partial charge in [0, 0.05) is 7.05 Å². The summed E-state index contributed by atoms with van der Waals surface area (Å²) in [5.41, 5.74) is 0.534. The summed E-state index contributed by atoms with van der Waals surface area (Å²) in [7, 11) is 1.47. The first-order valence-corrected chi connectivity index (χ1v) is 8.53. The molecule has 0 aliphatic heterocycles. The third kappa shape index (κ3) is 5.28. The minimum atomic E-state index is -0.638. The van der Waals surface area contributed by atoms with Crippen LogP contribution in [0.3, 0.4) is 0 Å². The second-order valence-corrected chi connectivity index (χ2v) is 6.39. The second-order valence-electron chi connectivity index (χ2n) is 5.37. The van der Waals surface area contributed by atoms with Gasteiger partial charge in [0.25, 0.3) is 11.8 Å². The van der Waals surface area contributed by atoms with Crippen LogP contribution in [0.25, 0.3) is 0 Å². The Labute approximate surface area is 149 Å². The number of carbonyl (C=O) groups is 4. The smallest absolute Gasteiger partial charge is 0.341 e. The average Bonchev–Trinajstić information content (AvgIpc) is 2.88. The Morgan fingerprint density at radius 2 is 1.80 bits per heavy atom. The van der Waals surface area contributed by atoms with Gasteiger partial charge in [0.2, 0.25) is 0 Å². The van der Waals surface area contributed by atoms with E-state index in [4.69, 9.17) is 9.47 Å². The maximum atomic E-state index is 12.2. The van der Waals surface area contributed by atoms with Crippen LogP contribution in [-0.4, -0.2) is 44.0 Å². The number of ether oxygens (including phenoxy) is 2. The van der Waals surface area contributed by atoms with E-state index in [2.05, 4.69) is 10.6 Å². The Balaban J connectivity index is 3.04. The van der Waals surface area contributed by atoms with Crippen LogP contribution in [0.1, 0.15) is 46.4 Å². The summed E-state index contributed by atoms with van der Waals surface area (Å²) >= 11 is 0.957. The van der Waals surface area contributed by atoms with E-state index in [0.717, 1.165) is 11.3 Å². The molecule has 0 radical (unpaired) electrons. The summed E-state index contributed by atoms with van der Waals surface area (Å²) in [5, 5.41) is 5.16. The molecule has 0 aliphatic rings. The molecule has 0 aliphatic carbocycles. The summed E-state index contributed by atoms with van der Waals surface area (Å²) in [5.74, 6) is -2.48. The monoisotopic (exact) mass is 370 g/mol. The highest BCUT2D eigenvalue weighted by atomic mass is 32.1. The van der Waals surface area contributed by atoms with Crippen molar-refractivity contribution in [2.75, 3.05) is 25.6 Å². The Bertz CT molecular complexity index is 680. The second kappa shape index (κ2) is 9.16. The van der Waals surface area contributed by atoms with Gasteiger partial charge in [0.05, 0.1) is 23.0 Å².